The Kier molecular flexibility index (Phi) is 4.49. The SMILES string of the molecule is Cc1nn(Cc2cccc(NC(=S)NC3CC3)c2)c(C)c1Br. The number of benzene rings is 1. The maximum Gasteiger partial charge on any atom is 0.170 e. The molecule has 116 valence electrons. The maximum absolute atomic E-state index is 5.32. The quantitative estimate of drug-likeness (QED) is 0.794. The average molecular weight is 379 g/mol. The minimum absolute atomic E-state index is 0.565. The molecule has 6 heteroatoms. The van der Waals surface area contributed by atoms with Crippen molar-refractivity contribution in [2.24, 2.45) is 0 Å². The summed E-state index contributed by atoms with van der Waals surface area (Å²) in [6.07, 6.45) is 2.43. The van der Waals surface area contributed by atoms with E-state index in [-0.39, 0.29) is 0 Å². The number of aryl methyl sites for hydroxylation is 1. The first-order chi connectivity index (χ1) is 10.5. The zero-order valence-electron chi connectivity index (χ0n) is 12.7. The largest absolute Gasteiger partial charge is 0.360 e. The van der Waals surface area contributed by atoms with Crippen molar-refractivity contribution in [1.82, 2.24) is 15.1 Å². The van der Waals surface area contributed by atoms with Gasteiger partial charge in [0.05, 0.1) is 22.4 Å². The van der Waals surface area contributed by atoms with Gasteiger partial charge in [-0.25, -0.2) is 0 Å². The summed E-state index contributed by atoms with van der Waals surface area (Å²) >= 11 is 8.89. The Morgan fingerprint density at radius 2 is 2.18 bits per heavy atom. The third-order valence-electron chi connectivity index (χ3n) is 3.72. The molecule has 0 spiro atoms. The second-order valence-corrected chi connectivity index (χ2v) is 6.92. The van der Waals surface area contributed by atoms with Gasteiger partial charge in [-0.05, 0) is 72.5 Å². The lowest BCUT2D eigenvalue weighted by Crippen LogP contribution is -2.30. The average Bonchev–Trinajstić information content (AvgIpc) is 3.25. The van der Waals surface area contributed by atoms with Crippen molar-refractivity contribution < 1.29 is 0 Å². The number of thiocarbonyl (C=S) groups is 1. The number of hydrogen-bond donors (Lipinski definition) is 2. The molecule has 2 N–H and O–H groups in total. The number of rotatable bonds is 4. The number of nitrogens with zero attached hydrogens (tertiary/aromatic N) is 2. The first-order valence-corrected chi connectivity index (χ1v) is 8.59. The lowest BCUT2D eigenvalue weighted by atomic mass is 10.2. The molecule has 22 heavy (non-hydrogen) atoms. The first-order valence-electron chi connectivity index (χ1n) is 7.39. The van der Waals surface area contributed by atoms with Gasteiger partial charge in [0.1, 0.15) is 0 Å². The molecule has 4 nitrogen and oxygen atoms in total. The summed E-state index contributed by atoms with van der Waals surface area (Å²) in [6, 6.07) is 8.85. The molecule has 1 aromatic carbocycles. The van der Waals surface area contributed by atoms with Crippen LogP contribution < -0.4 is 10.6 Å². The van der Waals surface area contributed by atoms with E-state index >= 15 is 0 Å². The first kappa shape index (κ1) is 15.5. The molecule has 0 aliphatic heterocycles. The van der Waals surface area contributed by atoms with Gasteiger partial charge in [0, 0.05) is 11.7 Å². The van der Waals surface area contributed by atoms with E-state index in [0.717, 1.165) is 28.1 Å². The molecule has 0 atom stereocenters. The number of anilines is 1. The molecule has 1 fully saturated rings. The van der Waals surface area contributed by atoms with Gasteiger partial charge in [-0.3, -0.25) is 4.68 Å². The Balaban J connectivity index is 1.70. The van der Waals surface area contributed by atoms with Gasteiger partial charge < -0.3 is 10.6 Å². The van der Waals surface area contributed by atoms with Crippen LogP contribution in [0.5, 0.6) is 0 Å². The zero-order chi connectivity index (χ0) is 15.7. The summed E-state index contributed by atoms with van der Waals surface area (Å²) in [5.74, 6) is 0. The number of aromatic nitrogens is 2. The van der Waals surface area contributed by atoms with Crippen molar-refractivity contribution in [3.8, 4) is 0 Å². The Labute approximate surface area is 144 Å². The Morgan fingerprint density at radius 3 is 2.82 bits per heavy atom. The van der Waals surface area contributed by atoms with Crippen molar-refractivity contribution >= 4 is 38.9 Å². The van der Waals surface area contributed by atoms with Crippen LogP contribution in [0.1, 0.15) is 29.8 Å². The van der Waals surface area contributed by atoms with Gasteiger partial charge in [0.15, 0.2) is 5.11 Å². The van der Waals surface area contributed by atoms with E-state index in [1.54, 1.807) is 0 Å². The minimum atomic E-state index is 0.565. The molecule has 1 heterocycles. The molecule has 1 aliphatic rings. The molecule has 0 amide bonds. The van der Waals surface area contributed by atoms with Crippen molar-refractivity contribution in [1.29, 1.82) is 0 Å². The van der Waals surface area contributed by atoms with E-state index in [4.69, 9.17) is 12.2 Å². The van der Waals surface area contributed by atoms with Gasteiger partial charge in [-0.1, -0.05) is 12.1 Å². The summed E-state index contributed by atoms with van der Waals surface area (Å²) in [5, 5.41) is 11.8. The number of hydrogen-bond acceptors (Lipinski definition) is 2. The molecular formula is C16H19BrN4S. The van der Waals surface area contributed by atoms with Crippen LogP contribution in [0.4, 0.5) is 5.69 Å². The van der Waals surface area contributed by atoms with E-state index in [1.807, 2.05) is 23.7 Å². The van der Waals surface area contributed by atoms with Crippen LogP contribution in [0.2, 0.25) is 0 Å². The molecule has 0 unspecified atom stereocenters. The Hall–Kier alpha value is -1.40. The van der Waals surface area contributed by atoms with Crippen molar-refractivity contribution in [3.63, 3.8) is 0 Å². The Bertz CT molecular complexity index is 706. The van der Waals surface area contributed by atoms with Crippen LogP contribution in [-0.2, 0) is 6.54 Å². The highest BCUT2D eigenvalue weighted by atomic mass is 79.9. The molecule has 0 radical (unpaired) electrons. The van der Waals surface area contributed by atoms with Gasteiger partial charge in [0.25, 0.3) is 0 Å². The van der Waals surface area contributed by atoms with Crippen LogP contribution >= 0.6 is 28.1 Å². The fourth-order valence-electron chi connectivity index (χ4n) is 2.33. The minimum Gasteiger partial charge on any atom is -0.360 e. The van der Waals surface area contributed by atoms with Crippen molar-refractivity contribution in [3.05, 3.63) is 45.7 Å². The number of halogens is 1. The van der Waals surface area contributed by atoms with Crippen LogP contribution in [0.3, 0.4) is 0 Å². The maximum atomic E-state index is 5.32. The summed E-state index contributed by atoms with van der Waals surface area (Å²) in [6.45, 7) is 4.82. The topological polar surface area (TPSA) is 41.9 Å². The number of nitrogens with one attached hydrogen (secondary N) is 2. The molecule has 2 aromatic rings. The second-order valence-electron chi connectivity index (χ2n) is 5.72. The second kappa shape index (κ2) is 6.38. The van der Waals surface area contributed by atoms with Gasteiger partial charge >= 0.3 is 0 Å². The van der Waals surface area contributed by atoms with E-state index in [1.165, 1.54) is 18.4 Å². The fraction of sp³-hybridized carbons (Fsp3) is 0.375. The smallest absolute Gasteiger partial charge is 0.170 e. The molecule has 3 rings (SSSR count). The summed E-state index contributed by atoms with van der Waals surface area (Å²) < 4.78 is 3.09. The van der Waals surface area contributed by atoms with E-state index < -0.39 is 0 Å². The van der Waals surface area contributed by atoms with Crippen LogP contribution in [-0.4, -0.2) is 20.9 Å². The van der Waals surface area contributed by atoms with Gasteiger partial charge in [-0.2, -0.15) is 5.10 Å². The van der Waals surface area contributed by atoms with Crippen LogP contribution in [0, 0.1) is 13.8 Å². The van der Waals surface area contributed by atoms with Crippen molar-refractivity contribution in [2.45, 2.75) is 39.3 Å². The highest BCUT2D eigenvalue weighted by Crippen LogP contribution is 2.22. The molecule has 1 aliphatic carbocycles. The third kappa shape index (κ3) is 3.67. The van der Waals surface area contributed by atoms with Crippen LogP contribution in [0.15, 0.2) is 28.7 Å². The van der Waals surface area contributed by atoms with E-state index in [9.17, 15) is 0 Å². The lowest BCUT2D eigenvalue weighted by Gasteiger charge is -2.11. The van der Waals surface area contributed by atoms with Crippen LogP contribution in [0.25, 0.3) is 0 Å². The van der Waals surface area contributed by atoms with Crippen molar-refractivity contribution in [2.75, 3.05) is 5.32 Å². The molecular weight excluding hydrogens is 360 g/mol. The standard InChI is InChI=1S/C16H19BrN4S/c1-10-15(17)11(2)21(20-10)9-12-4-3-5-14(8-12)19-16(22)18-13-6-7-13/h3-5,8,13H,6-7,9H2,1-2H3,(H2,18,19,22). The highest BCUT2D eigenvalue weighted by Gasteiger charge is 2.21. The highest BCUT2D eigenvalue weighted by molar-refractivity contribution is 9.10. The molecule has 1 aromatic heterocycles. The summed E-state index contributed by atoms with van der Waals surface area (Å²) in [5.41, 5.74) is 4.36. The van der Waals surface area contributed by atoms with Gasteiger partial charge in [0.2, 0.25) is 0 Å². The van der Waals surface area contributed by atoms with E-state index in [0.29, 0.717) is 11.2 Å². The lowest BCUT2D eigenvalue weighted by molar-refractivity contribution is 0.659. The monoisotopic (exact) mass is 378 g/mol. The molecule has 0 saturated heterocycles. The molecule has 0 bridgehead atoms. The summed E-state index contributed by atoms with van der Waals surface area (Å²) in [7, 11) is 0. The third-order valence-corrected chi connectivity index (χ3v) is 5.09. The summed E-state index contributed by atoms with van der Waals surface area (Å²) in [4.78, 5) is 0. The predicted octanol–water partition coefficient (Wildman–Crippen LogP) is 3.76. The van der Waals surface area contributed by atoms with E-state index in [2.05, 4.69) is 50.7 Å². The molecule has 1 saturated carbocycles. The normalized spacial score (nSPS) is 14.0. The van der Waals surface area contributed by atoms with Gasteiger partial charge in [-0.15, -0.1) is 0 Å². The predicted molar refractivity (Wildman–Crippen MR) is 97.3 cm³/mol. The zero-order valence-corrected chi connectivity index (χ0v) is 15.1. The fourth-order valence-corrected chi connectivity index (χ4v) is 2.90. The Morgan fingerprint density at radius 1 is 1.41 bits per heavy atom.